The Hall–Kier alpha value is -1.77. The quantitative estimate of drug-likeness (QED) is 0.675. The predicted molar refractivity (Wildman–Crippen MR) is 123 cm³/mol. The van der Waals surface area contributed by atoms with Gasteiger partial charge in [0.1, 0.15) is 5.82 Å². The third-order valence-electron chi connectivity index (χ3n) is 5.41. The number of hydrogen-bond acceptors (Lipinski definition) is 7. The van der Waals surface area contributed by atoms with Crippen LogP contribution in [0.1, 0.15) is 43.8 Å². The van der Waals surface area contributed by atoms with E-state index < -0.39 is 19.4 Å². The maximum Gasteiger partial charge on any atom is 0.351 e. The largest absolute Gasteiger partial charge is 0.352 e. The Kier molecular flexibility index (Phi) is 7.08. The van der Waals surface area contributed by atoms with E-state index in [-0.39, 0.29) is 23.9 Å². The molecule has 0 spiro atoms. The van der Waals surface area contributed by atoms with Crippen LogP contribution in [0.25, 0.3) is 0 Å². The number of anilines is 1. The molecule has 10 heteroatoms. The average Bonchev–Trinajstić information content (AvgIpc) is 3.12. The highest BCUT2D eigenvalue weighted by Gasteiger charge is 2.39. The Bertz CT molecular complexity index is 965. The standard InChI is InChI=1S/C21H27N4O4PS/c1-4-17-12-24(30-29-14(2)15(3)31-30)13-19(28-17)25-11-10-18(23-21(25)27)22-20(26)16-8-6-5-7-9-16/h5-11,14-15,17,19H,4,12-13H2,1-3H3,(H,22,23,26,27)/t14?,15?,17-,19-,30?/m1/s1. The van der Waals surface area contributed by atoms with Crippen LogP contribution in [0, 0.1) is 0 Å². The van der Waals surface area contributed by atoms with E-state index in [0.717, 1.165) is 13.0 Å². The van der Waals surface area contributed by atoms with Crippen LogP contribution in [0.2, 0.25) is 0 Å². The number of rotatable bonds is 5. The molecule has 0 radical (unpaired) electrons. The molecule has 0 saturated carbocycles. The average molecular weight is 463 g/mol. The van der Waals surface area contributed by atoms with Gasteiger partial charge in [0.05, 0.1) is 18.8 Å². The Balaban J connectivity index is 1.49. The van der Waals surface area contributed by atoms with Gasteiger partial charge in [-0.2, -0.15) is 4.98 Å². The second-order valence-corrected chi connectivity index (χ2v) is 11.5. The van der Waals surface area contributed by atoms with Crippen molar-refractivity contribution < 1.29 is 14.1 Å². The number of nitrogens with zero attached hydrogens (tertiary/aromatic N) is 3. The molecule has 2 aliphatic heterocycles. The minimum Gasteiger partial charge on any atom is -0.352 e. The van der Waals surface area contributed by atoms with Crippen LogP contribution in [0.3, 0.4) is 0 Å². The summed E-state index contributed by atoms with van der Waals surface area (Å²) in [6.45, 7) is 7.72. The first-order valence-corrected chi connectivity index (χ1v) is 13.1. The van der Waals surface area contributed by atoms with E-state index in [1.807, 2.05) is 17.4 Å². The maximum absolute atomic E-state index is 12.8. The van der Waals surface area contributed by atoms with Gasteiger partial charge in [-0.1, -0.05) is 43.4 Å². The van der Waals surface area contributed by atoms with E-state index in [9.17, 15) is 9.59 Å². The minimum absolute atomic E-state index is 0.0148. The van der Waals surface area contributed by atoms with Gasteiger partial charge in [-0.05, 0) is 31.5 Å². The molecule has 166 valence electrons. The van der Waals surface area contributed by atoms with Crippen LogP contribution >= 0.6 is 18.9 Å². The number of carbonyl (C=O) groups excluding carboxylic acids is 1. The Morgan fingerprint density at radius 2 is 2.03 bits per heavy atom. The van der Waals surface area contributed by atoms with Crippen molar-refractivity contribution in [3.63, 3.8) is 0 Å². The normalized spacial score (nSPS) is 29.1. The summed E-state index contributed by atoms with van der Waals surface area (Å²) < 4.78 is 16.1. The monoisotopic (exact) mass is 462 g/mol. The molecule has 5 atom stereocenters. The van der Waals surface area contributed by atoms with Gasteiger partial charge in [0.15, 0.2) is 13.7 Å². The molecule has 1 N–H and O–H groups in total. The van der Waals surface area contributed by atoms with Crippen molar-refractivity contribution in [3.05, 3.63) is 58.6 Å². The summed E-state index contributed by atoms with van der Waals surface area (Å²) in [5, 5.41) is 3.13. The molecule has 2 aliphatic rings. The van der Waals surface area contributed by atoms with Crippen molar-refractivity contribution >= 4 is 30.6 Å². The maximum atomic E-state index is 12.8. The van der Waals surface area contributed by atoms with E-state index in [1.165, 1.54) is 4.57 Å². The van der Waals surface area contributed by atoms with Crippen molar-refractivity contribution in [2.45, 2.75) is 50.9 Å². The fourth-order valence-electron chi connectivity index (χ4n) is 3.40. The molecule has 1 aromatic carbocycles. The predicted octanol–water partition coefficient (Wildman–Crippen LogP) is 3.87. The number of morpholine rings is 1. The third kappa shape index (κ3) is 5.18. The Labute approximate surface area is 187 Å². The minimum atomic E-state index is -0.767. The van der Waals surface area contributed by atoms with E-state index in [2.05, 4.69) is 35.7 Å². The molecule has 31 heavy (non-hydrogen) atoms. The third-order valence-corrected chi connectivity index (χ3v) is 10.1. The molecule has 2 fully saturated rings. The van der Waals surface area contributed by atoms with Gasteiger partial charge >= 0.3 is 5.69 Å². The number of ether oxygens (including phenoxy) is 1. The molecule has 1 amide bonds. The van der Waals surface area contributed by atoms with Crippen LogP contribution in [0.4, 0.5) is 5.82 Å². The molecule has 0 aliphatic carbocycles. The highest BCUT2D eigenvalue weighted by atomic mass is 32.7. The lowest BCUT2D eigenvalue weighted by molar-refractivity contribution is -0.104. The van der Waals surface area contributed by atoms with Crippen molar-refractivity contribution in [3.8, 4) is 0 Å². The lowest BCUT2D eigenvalue weighted by atomic mass is 10.2. The zero-order valence-electron chi connectivity index (χ0n) is 17.8. The molecule has 3 unspecified atom stereocenters. The number of carbonyl (C=O) groups is 1. The Morgan fingerprint density at radius 1 is 1.26 bits per heavy atom. The molecular weight excluding hydrogens is 435 g/mol. The molecule has 2 saturated heterocycles. The van der Waals surface area contributed by atoms with Gasteiger partial charge in [0.2, 0.25) is 0 Å². The van der Waals surface area contributed by atoms with Gasteiger partial charge in [-0.3, -0.25) is 9.36 Å². The summed E-state index contributed by atoms with van der Waals surface area (Å²) in [7, 11) is -0.767. The second-order valence-electron chi connectivity index (χ2n) is 7.67. The number of hydrogen-bond donors (Lipinski definition) is 1. The lowest BCUT2D eigenvalue weighted by Crippen LogP contribution is -2.45. The summed E-state index contributed by atoms with van der Waals surface area (Å²) in [5.41, 5.74) is 0.0485. The van der Waals surface area contributed by atoms with Crippen LogP contribution in [0.5, 0.6) is 0 Å². The number of aromatic nitrogens is 2. The molecule has 8 nitrogen and oxygen atoms in total. The highest BCUT2D eigenvalue weighted by Crippen LogP contribution is 2.63. The Morgan fingerprint density at radius 3 is 2.68 bits per heavy atom. The molecule has 3 heterocycles. The van der Waals surface area contributed by atoms with Crippen LogP contribution in [-0.4, -0.2) is 50.7 Å². The molecule has 1 aromatic heterocycles. The van der Waals surface area contributed by atoms with Gasteiger partial charge < -0.3 is 14.6 Å². The van der Waals surface area contributed by atoms with Crippen molar-refractivity contribution in [2.24, 2.45) is 0 Å². The van der Waals surface area contributed by atoms with Gasteiger partial charge in [0.25, 0.3) is 5.91 Å². The molecule has 2 aromatic rings. The van der Waals surface area contributed by atoms with Crippen LogP contribution in [-0.2, 0) is 9.26 Å². The molecule has 4 rings (SSSR count). The smallest absolute Gasteiger partial charge is 0.351 e. The summed E-state index contributed by atoms with van der Waals surface area (Å²) in [4.78, 5) is 29.1. The first-order valence-electron chi connectivity index (χ1n) is 10.4. The molecule has 0 bridgehead atoms. The fraction of sp³-hybridized carbons (Fsp3) is 0.476. The fourth-order valence-corrected chi connectivity index (χ4v) is 8.09. The number of nitrogens with one attached hydrogen (secondary N) is 1. The summed E-state index contributed by atoms with van der Waals surface area (Å²) in [6, 6.07) is 10.4. The highest BCUT2D eigenvalue weighted by molar-refractivity contribution is 8.54. The van der Waals surface area contributed by atoms with E-state index in [4.69, 9.17) is 9.26 Å². The second kappa shape index (κ2) is 9.79. The summed E-state index contributed by atoms with van der Waals surface area (Å²) >= 11 is 1.86. The van der Waals surface area contributed by atoms with Crippen LogP contribution < -0.4 is 11.0 Å². The zero-order valence-corrected chi connectivity index (χ0v) is 19.5. The van der Waals surface area contributed by atoms with Crippen molar-refractivity contribution in [1.82, 2.24) is 14.2 Å². The van der Waals surface area contributed by atoms with Crippen molar-refractivity contribution in [2.75, 3.05) is 18.4 Å². The SMILES string of the molecule is CC[C@@H]1CN(P2OC(C)C(C)S2)C[C@H](n2ccc(NC(=O)c3ccccc3)nc2=O)O1. The van der Waals surface area contributed by atoms with Crippen molar-refractivity contribution in [1.29, 1.82) is 0 Å². The first kappa shape index (κ1) is 22.4. The molecular formula is C21H27N4O4PS. The van der Waals surface area contributed by atoms with E-state index >= 15 is 0 Å². The van der Waals surface area contributed by atoms with E-state index in [0.29, 0.717) is 17.4 Å². The van der Waals surface area contributed by atoms with Gasteiger partial charge in [0, 0.05) is 23.6 Å². The van der Waals surface area contributed by atoms with E-state index in [1.54, 1.807) is 36.5 Å². The number of benzene rings is 1. The summed E-state index contributed by atoms with van der Waals surface area (Å²) in [6.07, 6.45) is 2.27. The summed E-state index contributed by atoms with van der Waals surface area (Å²) in [5.74, 6) is -0.0886. The van der Waals surface area contributed by atoms with Gasteiger partial charge in [-0.15, -0.1) is 0 Å². The topological polar surface area (TPSA) is 85.7 Å². The number of amides is 1. The van der Waals surface area contributed by atoms with Gasteiger partial charge in [-0.25, -0.2) is 9.46 Å². The first-order chi connectivity index (χ1) is 14.9. The van der Waals surface area contributed by atoms with Crippen LogP contribution in [0.15, 0.2) is 47.4 Å². The zero-order chi connectivity index (χ0) is 22.0. The lowest BCUT2D eigenvalue weighted by Gasteiger charge is -2.39.